The molecule has 3 heterocycles. The van der Waals surface area contributed by atoms with Gasteiger partial charge < -0.3 is 15.0 Å². The summed E-state index contributed by atoms with van der Waals surface area (Å²) < 4.78 is 5.44. The number of benzene rings is 1. The number of amides is 2. The second-order valence-electron chi connectivity index (χ2n) is 7.64. The number of fused-ring (bicyclic) bond motifs is 2. The molecule has 27 heavy (non-hydrogen) atoms. The van der Waals surface area contributed by atoms with Crippen LogP contribution in [0.2, 0.25) is 0 Å². The summed E-state index contributed by atoms with van der Waals surface area (Å²) >= 11 is 0. The molecule has 1 saturated heterocycles. The number of nitrogens with one attached hydrogen (secondary N) is 1. The first-order valence-corrected chi connectivity index (χ1v) is 9.73. The minimum atomic E-state index is -0.0752. The highest BCUT2D eigenvalue weighted by Gasteiger charge is 2.48. The lowest BCUT2D eigenvalue weighted by atomic mass is 9.66. The number of morpholine rings is 1. The number of pyridine rings is 1. The second-order valence-corrected chi connectivity index (χ2v) is 7.64. The Morgan fingerprint density at radius 3 is 2.70 bits per heavy atom. The molecule has 2 fully saturated rings. The standard InChI is InChI=1S/C21H24N4O2/c26-20(23-17-6-3-10-22-19(17)24-11-13-27-14-12-24)25-15-21(8-4-9-21)16-5-1-2-7-18(16)25/h1-3,5-7,10H,4,8-9,11-15H2,(H,23,26). The Bertz CT molecular complexity index is 859. The van der Waals surface area contributed by atoms with Gasteiger partial charge in [-0.25, -0.2) is 9.78 Å². The van der Waals surface area contributed by atoms with Crippen molar-refractivity contribution in [2.45, 2.75) is 24.7 Å². The van der Waals surface area contributed by atoms with Crippen LogP contribution in [-0.2, 0) is 10.2 Å². The number of carbonyl (C=O) groups is 1. The van der Waals surface area contributed by atoms with Crippen molar-refractivity contribution in [1.29, 1.82) is 0 Å². The van der Waals surface area contributed by atoms with Gasteiger partial charge in [-0.05, 0) is 36.6 Å². The largest absolute Gasteiger partial charge is 0.378 e. The molecule has 0 atom stereocenters. The zero-order valence-corrected chi connectivity index (χ0v) is 15.4. The molecule has 6 nitrogen and oxygen atoms in total. The topological polar surface area (TPSA) is 57.7 Å². The summed E-state index contributed by atoms with van der Waals surface area (Å²) in [6.07, 6.45) is 5.35. The van der Waals surface area contributed by atoms with E-state index in [9.17, 15) is 4.79 Å². The molecule has 2 amide bonds. The third-order valence-electron chi connectivity index (χ3n) is 6.12. The first-order chi connectivity index (χ1) is 13.3. The van der Waals surface area contributed by atoms with Gasteiger partial charge in [0.15, 0.2) is 5.82 Å². The summed E-state index contributed by atoms with van der Waals surface area (Å²) in [5.74, 6) is 0.819. The highest BCUT2D eigenvalue weighted by Crippen LogP contribution is 2.52. The Labute approximate surface area is 159 Å². The van der Waals surface area contributed by atoms with Crippen molar-refractivity contribution in [2.75, 3.05) is 48.0 Å². The third kappa shape index (κ3) is 2.75. The van der Waals surface area contributed by atoms with Crippen molar-refractivity contribution in [2.24, 2.45) is 0 Å². The first-order valence-electron chi connectivity index (χ1n) is 9.73. The van der Waals surface area contributed by atoms with Gasteiger partial charge in [-0.15, -0.1) is 0 Å². The van der Waals surface area contributed by atoms with E-state index >= 15 is 0 Å². The minimum absolute atomic E-state index is 0.0752. The highest BCUT2D eigenvalue weighted by molar-refractivity contribution is 6.05. The van der Waals surface area contributed by atoms with Crippen LogP contribution in [0.3, 0.4) is 0 Å². The van der Waals surface area contributed by atoms with Gasteiger partial charge in [-0.2, -0.15) is 0 Å². The van der Waals surface area contributed by atoms with Crippen LogP contribution in [0.4, 0.5) is 22.0 Å². The van der Waals surface area contributed by atoms with E-state index < -0.39 is 0 Å². The van der Waals surface area contributed by atoms with Crippen LogP contribution in [0, 0.1) is 0 Å². The average Bonchev–Trinajstić information content (AvgIpc) is 3.05. The number of carbonyl (C=O) groups excluding carboxylic acids is 1. The normalized spacial score (nSPS) is 20.3. The number of ether oxygens (including phenoxy) is 1. The Kier molecular flexibility index (Phi) is 4.01. The molecule has 1 N–H and O–H groups in total. The van der Waals surface area contributed by atoms with Crippen molar-refractivity contribution in [1.82, 2.24) is 4.98 Å². The molecular weight excluding hydrogens is 340 g/mol. The molecule has 5 rings (SSSR count). The van der Waals surface area contributed by atoms with Gasteiger partial charge in [-0.1, -0.05) is 24.6 Å². The van der Waals surface area contributed by atoms with E-state index in [4.69, 9.17) is 4.74 Å². The molecule has 6 heteroatoms. The molecular formula is C21H24N4O2. The minimum Gasteiger partial charge on any atom is -0.378 e. The highest BCUT2D eigenvalue weighted by atomic mass is 16.5. The van der Waals surface area contributed by atoms with Crippen LogP contribution in [0.1, 0.15) is 24.8 Å². The number of aromatic nitrogens is 1. The molecule has 1 spiro atoms. The van der Waals surface area contributed by atoms with Crippen LogP contribution in [0.5, 0.6) is 0 Å². The summed E-state index contributed by atoms with van der Waals surface area (Å²) in [5, 5.41) is 3.12. The van der Waals surface area contributed by atoms with Crippen LogP contribution in [-0.4, -0.2) is 43.9 Å². The molecule has 0 radical (unpaired) electrons. The molecule has 1 aromatic carbocycles. The molecule has 1 aromatic heterocycles. The number of nitrogens with zero attached hydrogens (tertiary/aromatic N) is 3. The zero-order valence-electron chi connectivity index (χ0n) is 15.4. The van der Waals surface area contributed by atoms with Crippen molar-refractivity contribution in [3.63, 3.8) is 0 Å². The van der Waals surface area contributed by atoms with Crippen molar-refractivity contribution >= 4 is 23.2 Å². The maximum Gasteiger partial charge on any atom is 0.326 e. The lowest BCUT2D eigenvalue weighted by Gasteiger charge is -2.39. The molecule has 0 bridgehead atoms. The van der Waals surface area contributed by atoms with E-state index in [1.807, 2.05) is 23.1 Å². The molecule has 2 aromatic rings. The van der Waals surface area contributed by atoms with Crippen molar-refractivity contribution in [3.05, 3.63) is 48.2 Å². The van der Waals surface area contributed by atoms with Gasteiger partial charge in [-0.3, -0.25) is 4.90 Å². The third-order valence-corrected chi connectivity index (χ3v) is 6.12. The molecule has 1 aliphatic carbocycles. The van der Waals surface area contributed by atoms with E-state index in [-0.39, 0.29) is 11.4 Å². The number of hydrogen-bond acceptors (Lipinski definition) is 4. The monoisotopic (exact) mass is 364 g/mol. The van der Waals surface area contributed by atoms with E-state index in [1.165, 1.54) is 24.8 Å². The lowest BCUT2D eigenvalue weighted by molar-refractivity contribution is 0.122. The lowest BCUT2D eigenvalue weighted by Crippen LogP contribution is -2.43. The fourth-order valence-electron chi connectivity index (χ4n) is 4.55. The van der Waals surface area contributed by atoms with E-state index in [0.717, 1.165) is 36.8 Å². The van der Waals surface area contributed by atoms with E-state index in [2.05, 4.69) is 33.4 Å². The summed E-state index contributed by atoms with van der Waals surface area (Å²) in [4.78, 5) is 21.8. The van der Waals surface area contributed by atoms with Gasteiger partial charge in [0, 0.05) is 36.9 Å². The van der Waals surface area contributed by atoms with Crippen LogP contribution < -0.4 is 15.1 Å². The molecule has 1 saturated carbocycles. The maximum atomic E-state index is 13.2. The van der Waals surface area contributed by atoms with Gasteiger partial charge >= 0.3 is 6.03 Å². The van der Waals surface area contributed by atoms with Gasteiger partial charge in [0.1, 0.15) is 0 Å². The first kappa shape index (κ1) is 16.6. The van der Waals surface area contributed by atoms with Crippen molar-refractivity contribution < 1.29 is 9.53 Å². The fourth-order valence-corrected chi connectivity index (χ4v) is 4.55. The van der Waals surface area contributed by atoms with Crippen LogP contribution >= 0.6 is 0 Å². The van der Waals surface area contributed by atoms with E-state index in [0.29, 0.717) is 13.2 Å². The SMILES string of the molecule is O=C(Nc1cccnc1N1CCOCC1)N1CC2(CCC2)c2ccccc21. The Balaban J connectivity index is 1.40. The summed E-state index contributed by atoms with van der Waals surface area (Å²) in [6.45, 7) is 3.72. The molecule has 3 aliphatic rings. The number of anilines is 3. The second kappa shape index (κ2) is 6.53. The van der Waals surface area contributed by atoms with Gasteiger partial charge in [0.2, 0.25) is 0 Å². The predicted molar refractivity (Wildman–Crippen MR) is 106 cm³/mol. The number of rotatable bonds is 2. The molecule has 140 valence electrons. The smallest absolute Gasteiger partial charge is 0.326 e. The quantitative estimate of drug-likeness (QED) is 0.887. The van der Waals surface area contributed by atoms with Crippen LogP contribution in [0.25, 0.3) is 0 Å². The van der Waals surface area contributed by atoms with Crippen molar-refractivity contribution in [3.8, 4) is 0 Å². The Hall–Kier alpha value is -2.60. The van der Waals surface area contributed by atoms with Gasteiger partial charge in [0.25, 0.3) is 0 Å². The number of para-hydroxylation sites is 1. The maximum absolute atomic E-state index is 13.2. The molecule has 0 unspecified atom stereocenters. The number of urea groups is 1. The zero-order chi connectivity index (χ0) is 18.3. The fraction of sp³-hybridized carbons (Fsp3) is 0.429. The summed E-state index contributed by atoms with van der Waals surface area (Å²) in [6, 6.07) is 12.1. The predicted octanol–water partition coefficient (Wildman–Crippen LogP) is 3.39. The Morgan fingerprint density at radius 1 is 1.11 bits per heavy atom. The molecule has 2 aliphatic heterocycles. The van der Waals surface area contributed by atoms with Gasteiger partial charge in [0.05, 0.1) is 18.9 Å². The Morgan fingerprint density at radius 2 is 1.93 bits per heavy atom. The summed E-state index contributed by atoms with van der Waals surface area (Å²) in [7, 11) is 0. The number of hydrogen-bond donors (Lipinski definition) is 1. The average molecular weight is 364 g/mol. The van der Waals surface area contributed by atoms with E-state index in [1.54, 1.807) is 6.20 Å². The summed E-state index contributed by atoms with van der Waals surface area (Å²) in [5.41, 5.74) is 3.30. The van der Waals surface area contributed by atoms with Crippen LogP contribution in [0.15, 0.2) is 42.6 Å².